The van der Waals surface area contributed by atoms with Gasteiger partial charge in [-0.3, -0.25) is 9.36 Å². The van der Waals surface area contributed by atoms with E-state index >= 15 is 4.39 Å². The van der Waals surface area contributed by atoms with Crippen molar-refractivity contribution in [2.75, 3.05) is 36.8 Å². The Bertz CT molecular complexity index is 1470. The van der Waals surface area contributed by atoms with Gasteiger partial charge in [-0.05, 0) is 30.7 Å². The summed E-state index contributed by atoms with van der Waals surface area (Å²) in [5.74, 6) is -1.03. The normalized spacial score (nSPS) is 17.9. The van der Waals surface area contributed by atoms with Gasteiger partial charge in [0.25, 0.3) is 0 Å². The van der Waals surface area contributed by atoms with Crippen LogP contribution in [0.15, 0.2) is 40.5 Å². The highest BCUT2D eigenvalue weighted by molar-refractivity contribution is 7.99. The van der Waals surface area contributed by atoms with Gasteiger partial charge in [0.15, 0.2) is 0 Å². The number of carbonyl (C=O) groups is 1. The predicted molar refractivity (Wildman–Crippen MR) is 137 cm³/mol. The number of piperazine rings is 1. The molecule has 1 fully saturated rings. The number of rotatable bonds is 3. The molecule has 1 N–H and O–H groups in total. The molecule has 0 spiro atoms. The molecule has 36 heavy (non-hydrogen) atoms. The predicted octanol–water partition coefficient (Wildman–Crippen LogP) is 3.60. The Morgan fingerprint density at radius 2 is 1.94 bits per heavy atom. The summed E-state index contributed by atoms with van der Waals surface area (Å²) < 4.78 is 30.3. The van der Waals surface area contributed by atoms with Gasteiger partial charge >= 0.3 is 5.69 Å². The second-order valence-electron chi connectivity index (χ2n) is 8.85. The van der Waals surface area contributed by atoms with E-state index in [0.29, 0.717) is 58.9 Å². The lowest BCUT2D eigenvalue weighted by Gasteiger charge is -2.35. The third-order valence-corrected chi connectivity index (χ3v) is 8.08. The Hall–Kier alpha value is -2.95. The van der Waals surface area contributed by atoms with Crippen LogP contribution in [0.5, 0.6) is 0 Å². The van der Waals surface area contributed by atoms with Gasteiger partial charge in [0.1, 0.15) is 17.5 Å². The Labute approximate surface area is 215 Å². The smallest absolute Gasteiger partial charge is 0.350 e. The number of halogens is 3. The highest BCUT2D eigenvalue weighted by Gasteiger charge is 2.29. The number of aryl methyl sites for hydroxylation is 1. The summed E-state index contributed by atoms with van der Waals surface area (Å²) in [6, 6.07) is 3.83. The number of anilines is 1. The molecule has 1 unspecified atom stereocenters. The van der Waals surface area contributed by atoms with Crippen LogP contribution in [-0.2, 0) is 11.3 Å². The van der Waals surface area contributed by atoms with E-state index in [9.17, 15) is 19.1 Å². The van der Waals surface area contributed by atoms with Crippen LogP contribution in [0.25, 0.3) is 22.0 Å². The largest absolute Gasteiger partial charge is 0.390 e. The minimum atomic E-state index is -0.859. The molecule has 3 heterocycles. The third-order valence-electron chi connectivity index (χ3n) is 6.55. The number of amides is 1. The number of hydrogen-bond donors (Lipinski definition) is 1. The average Bonchev–Trinajstić information content (AvgIpc) is 3.03. The first-order valence-corrected chi connectivity index (χ1v) is 12.8. The van der Waals surface area contributed by atoms with E-state index in [1.165, 1.54) is 28.5 Å². The first-order chi connectivity index (χ1) is 17.2. The van der Waals surface area contributed by atoms with Gasteiger partial charge in [0.05, 0.1) is 23.2 Å². The fourth-order valence-corrected chi connectivity index (χ4v) is 6.23. The maximum Gasteiger partial charge on any atom is 0.350 e. The lowest BCUT2D eigenvalue weighted by atomic mass is 9.97. The molecule has 3 aromatic rings. The Kier molecular flexibility index (Phi) is 6.52. The standard InChI is InChI=1S/C25H23ClF2N4O3S/c1-3-20(34)30-4-6-31(7-5-30)24-16-8-13(2)21(15-9-17(26)19(28)10-18(15)27)23-22(16)32(25(35)29-24)11-14(33)12-36-23/h3,8-10,14,33H,1,4-7,11-12H2,2H3. The summed E-state index contributed by atoms with van der Waals surface area (Å²) >= 11 is 7.32. The summed E-state index contributed by atoms with van der Waals surface area (Å²) in [4.78, 5) is 33.8. The molecule has 0 radical (unpaired) electrons. The molecule has 11 heteroatoms. The molecule has 7 nitrogen and oxygen atoms in total. The number of benzene rings is 2. The van der Waals surface area contributed by atoms with E-state index in [4.69, 9.17) is 11.6 Å². The number of aliphatic hydroxyl groups is 1. The molecule has 2 aliphatic heterocycles. The van der Waals surface area contributed by atoms with Crippen molar-refractivity contribution in [3.8, 4) is 11.1 Å². The summed E-state index contributed by atoms with van der Waals surface area (Å²) in [7, 11) is 0. The molecule has 1 atom stereocenters. The Morgan fingerprint density at radius 1 is 1.22 bits per heavy atom. The number of aliphatic hydroxyl groups excluding tert-OH is 1. The van der Waals surface area contributed by atoms with Crippen LogP contribution in [0.3, 0.4) is 0 Å². The first-order valence-electron chi connectivity index (χ1n) is 11.4. The quantitative estimate of drug-likeness (QED) is 0.410. The molecule has 1 saturated heterocycles. The van der Waals surface area contributed by atoms with Crippen LogP contribution in [-0.4, -0.2) is 63.5 Å². The maximum atomic E-state index is 15.0. The van der Waals surface area contributed by atoms with Crippen LogP contribution in [0.1, 0.15) is 5.56 Å². The summed E-state index contributed by atoms with van der Waals surface area (Å²) in [6.07, 6.45) is 0.458. The lowest BCUT2D eigenvalue weighted by Crippen LogP contribution is -2.49. The van der Waals surface area contributed by atoms with Crippen LogP contribution in [0.4, 0.5) is 14.6 Å². The van der Waals surface area contributed by atoms with Crippen molar-refractivity contribution in [3.63, 3.8) is 0 Å². The highest BCUT2D eigenvalue weighted by atomic mass is 35.5. The molecular formula is C25H23ClF2N4O3S. The van der Waals surface area contributed by atoms with E-state index in [1.807, 2.05) is 17.9 Å². The molecule has 0 saturated carbocycles. The van der Waals surface area contributed by atoms with E-state index in [-0.39, 0.29) is 28.8 Å². The molecule has 1 amide bonds. The molecule has 1 aromatic heterocycles. The molecule has 0 bridgehead atoms. The van der Waals surface area contributed by atoms with Gasteiger partial charge in [0.2, 0.25) is 5.91 Å². The minimum absolute atomic E-state index is 0.0411. The fraction of sp³-hybridized carbons (Fsp3) is 0.320. The van der Waals surface area contributed by atoms with E-state index < -0.39 is 23.4 Å². The van der Waals surface area contributed by atoms with Gasteiger partial charge in [-0.25, -0.2) is 13.6 Å². The summed E-state index contributed by atoms with van der Waals surface area (Å²) in [5, 5.41) is 11.0. The van der Waals surface area contributed by atoms with E-state index in [0.717, 1.165) is 6.07 Å². The number of nitrogens with zero attached hydrogens (tertiary/aromatic N) is 4. The lowest BCUT2D eigenvalue weighted by molar-refractivity contribution is -0.126. The van der Waals surface area contributed by atoms with Gasteiger partial charge < -0.3 is 14.9 Å². The Balaban J connectivity index is 1.74. The first kappa shape index (κ1) is 24.7. The molecule has 5 rings (SSSR count). The van der Waals surface area contributed by atoms with Crippen molar-refractivity contribution in [3.05, 3.63) is 63.6 Å². The van der Waals surface area contributed by atoms with Gasteiger partial charge in [0, 0.05) is 59.4 Å². The monoisotopic (exact) mass is 532 g/mol. The third kappa shape index (κ3) is 4.16. The second-order valence-corrected chi connectivity index (χ2v) is 10.3. The molecule has 2 aromatic carbocycles. The van der Waals surface area contributed by atoms with Gasteiger partial charge in [-0.15, -0.1) is 11.8 Å². The number of aromatic nitrogens is 2. The van der Waals surface area contributed by atoms with Crippen molar-refractivity contribution in [2.45, 2.75) is 24.5 Å². The van der Waals surface area contributed by atoms with E-state index in [1.54, 1.807) is 4.90 Å². The van der Waals surface area contributed by atoms with Crippen molar-refractivity contribution in [2.24, 2.45) is 0 Å². The zero-order chi connectivity index (χ0) is 25.7. The Morgan fingerprint density at radius 3 is 2.64 bits per heavy atom. The van der Waals surface area contributed by atoms with Gasteiger partial charge in [-0.2, -0.15) is 4.98 Å². The molecular weight excluding hydrogens is 510 g/mol. The van der Waals surface area contributed by atoms with Gasteiger partial charge in [-0.1, -0.05) is 18.2 Å². The second kappa shape index (κ2) is 9.49. The SMILES string of the molecule is C=CC(=O)N1CCN(c2nc(=O)n3c4c(c(-c5cc(Cl)c(F)cc5F)c(C)cc24)SCC(O)C3)CC1. The maximum absolute atomic E-state index is 15.0. The summed E-state index contributed by atoms with van der Waals surface area (Å²) in [5.41, 5.74) is 1.31. The number of thioether (sulfide) groups is 1. The zero-order valence-corrected chi connectivity index (χ0v) is 21.0. The topological polar surface area (TPSA) is 78.7 Å². The molecule has 0 aliphatic carbocycles. The van der Waals surface area contributed by atoms with E-state index in [2.05, 4.69) is 11.6 Å². The molecule has 2 aliphatic rings. The zero-order valence-electron chi connectivity index (χ0n) is 19.4. The molecule has 188 valence electrons. The van der Waals surface area contributed by atoms with Crippen LogP contribution in [0.2, 0.25) is 5.02 Å². The van der Waals surface area contributed by atoms with Crippen molar-refractivity contribution < 1.29 is 18.7 Å². The number of carbonyl (C=O) groups excluding carboxylic acids is 1. The van der Waals surface area contributed by atoms with Crippen molar-refractivity contribution >= 4 is 46.0 Å². The van der Waals surface area contributed by atoms with Crippen LogP contribution < -0.4 is 10.6 Å². The van der Waals surface area contributed by atoms with Crippen LogP contribution >= 0.6 is 23.4 Å². The fourth-order valence-electron chi connectivity index (χ4n) is 4.83. The van der Waals surface area contributed by atoms with Crippen molar-refractivity contribution in [1.29, 1.82) is 0 Å². The highest BCUT2D eigenvalue weighted by Crippen LogP contribution is 2.44. The van der Waals surface area contributed by atoms with Crippen molar-refractivity contribution in [1.82, 2.24) is 14.5 Å². The number of hydrogen-bond acceptors (Lipinski definition) is 6. The van der Waals surface area contributed by atoms with Crippen LogP contribution in [0, 0.1) is 18.6 Å². The average molecular weight is 533 g/mol. The summed E-state index contributed by atoms with van der Waals surface area (Å²) in [6.45, 7) is 7.23. The minimum Gasteiger partial charge on any atom is -0.390 e.